The van der Waals surface area contributed by atoms with E-state index in [4.69, 9.17) is 5.73 Å². The number of nitrogens with two attached hydrogens (primary N) is 1. The monoisotopic (exact) mass is 277 g/mol. The van der Waals surface area contributed by atoms with Gasteiger partial charge in [0.25, 0.3) is 10.0 Å². The maximum absolute atomic E-state index is 12.2. The lowest BCUT2D eigenvalue weighted by Gasteiger charge is -2.10. The number of rotatable bonds is 3. The first-order valence-electron chi connectivity index (χ1n) is 5.71. The first-order chi connectivity index (χ1) is 8.90. The molecule has 0 saturated carbocycles. The molecule has 1 aromatic carbocycles. The molecule has 19 heavy (non-hydrogen) atoms. The van der Waals surface area contributed by atoms with Gasteiger partial charge < -0.3 is 5.73 Å². The van der Waals surface area contributed by atoms with Gasteiger partial charge >= 0.3 is 0 Å². The molecular formula is C13H15N3O2S. The van der Waals surface area contributed by atoms with Crippen LogP contribution in [0.2, 0.25) is 0 Å². The van der Waals surface area contributed by atoms with Gasteiger partial charge in [0.15, 0.2) is 0 Å². The highest BCUT2D eigenvalue weighted by Gasteiger charge is 2.16. The number of nitrogens with one attached hydrogen (secondary N) is 1. The fourth-order valence-electron chi connectivity index (χ4n) is 1.59. The molecule has 0 unspecified atom stereocenters. The third-order valence-electron chi connectivity index (χ3n) is 2.79. The second-order valence-corrected chi connectivity index (χ2v) is 5.98. The van der Waals surface area contributed by atoms with Crippen LogP contribution >= 0.6 is 0 Å². The predicted molar refractivity (Wildman–Crippen MR) is 75.4 cm³/mol. The van der Waals surface area contributed by atoms with Crippen molar-refractivity contribution in [3.8, 4) is 0 Å². The maximum Gasteiger partial charge on any atom is 0.263 e. The molecule has 0 aliphatic heterocycles. The van der Waals surface area contributed by atoms with E-state index in [1.54, 1.807) is 38.2 Å². The zero-order valence-corrected chi connectivity index (χ0v) is 11.5. The van der Waals surface area contributed by atoms with Crippen molar-refractivity contribution in [2.75, 3.05) is 10.5 Å². The maximum atomic E-state index is 12.2. The summed E-state index contributed by atoms with van der Waals surface area (Å²) in [6, 6.07) is 8.13. The van der Waals surface area contributed by atoms with Crippen LogP contribution in [0.5, 0.6) is 0 Å². The van der Waals surface area contributed by atoms with Gasteiger partial charge in [-0.15, -0.1) is 0 Å². The van der Waals surface area contributed by atoms with E-state index < -0.39 is 10.0 Å². The second-order valence-electron chi connectivity index (χ2n) is 4.29. The van der Waals surface area contributed by atoms with Crippen molar-refractivity contribution in [1.82, 2.24) is 4.98 Å². The zero-order chi connectivity index (χ0) is 14.0. The average Bonchev–Trinajstić information content (AvgIpc) is 2.35. The normalized spacial score (nSPS) is 11.3. The van der Waals surface area contributed by atoms with E-state index in [1.165, 1.54) is 12.1 Å². The summed E-state index contributed by atoms with van der Waals surface area (Å²) >= 11 is 0. The summed E-state index contributed by atoms with van der Waals surface area (Å²) in [5.41, 5.74) is 7.73. The van der Waals surface area contributed by atoms with E-state index in [9.17, 15) is 8.42 Å². The lowest BCUT2D eigenvalue weighted by atomic mass is 10.2. The van der Waals surface area contributed by atoms with Crippen LogP contribution in [0.1, 0.15) is 11.1 Å². The minimum Gasteiger partial charge on any atom is -0.399 e. The fraction of sp³-hybridized carbons (Fsp3) is 0.154. The van der Waals surface area contributed by atoms with Crippen molar-refractivity contribution in [3.63, 3.8) is 0 Å². The van der Waals surface area contributed by atoms with Crippen LogP contribution < -0.4 is 10.5 Å². The summed E-state index contributed by atoms with van der Waals surface area (Å²) < 4.78 is 26.9. The quantitative estimate of drug-likeness (QED) is 0.841. The Hall–Kier alpha value is -2.08. The standard InChI is InChI=1S/C13H15N3O2S/c1-9-4-3-7-15-13(9)16-19(17,18)11-5-6-12(14)10(2)8-11/h3-8H,14H2,1-2H3,(H,15,16). The summed E-state index contributed by atoms with van der Waals surface area (Å²) in [7, 11) is -3.64. The highest BCUT2D eigenvalue weighted by atomic mass is 32.2. The highest BCUT2D eigenvalue weighted by molar-refractivity contribution is 7.92. The summed E-state index contributed by atoms with van der Waals surface area (Å²) in [6.45, 7) is 3.56. The Bertz CT molecular complexity index is 712. The molecule has 6 heteroatoms. The van der Waals surface area contributed by atoms with Crippen LogP contribution in [0.4, 0.5) is 11.5 Å². The van der Waals surface area contributed by atoms with Gasteiger partial charge in [-0.25, -0.2) is 13.4 Å². The predicted octanol–water partition coefficient (Wildman–Crippen LogP) is 2.08. The number of aryl methyl sites for hydroxylation is 2. The lowest BCUT2D eigenvalue weighted by molar-refractivity contribution is 0.601. The van der Waals surface area contributed by atoms with E-state index in [-0.39, 0.29) is 4.90 Å². The van der Waals surface area contributed by atoms with Crippen molar-refractivity contribution in [3.05, 3.63) is 47.7 Å². The van der Waals surface area contributed by atoms with Crippen LogP contribution in [0.3, 0.4) is 0 Å². The van der Waals surface area contributed by atoms with Gasteiger partial charge in [0.05, 0.1) is 4.90 Å². The van der Waals surface area contributed by atoms with E-state index >= 15 is 0 Å². The van der Waals surface area contributed by atoms with Crippen molar-refractivity contribution < 1.29 is 8.42 Å². The average molecular weight is 277 g/mol. The molecule has 0 saturated heterocycles. The molecule has 1 heterocycles. The van der Waals surface area contributed by atoms with E-state index in [2.05, 4.69) is 9.71 Å². The van der Waals surface area contributed by atoms with E-state index in [1.807, 2.05) is 0 Å². The molecule has 2 aromatic rings. The van der Waals surface area contributed by atoms with Crippen LogP contribution in [0.25, 0.3) is 0 Å². The summed E-state index contributed by atoms with van der Waals surface area (Å²) in [4.78, 5) is 4.18. The Labute approximate surface area is 112 Å². The first-order valence-corrected chi connectivity index (χ1v) is 7.19. The SMILES string of the molecule is Cc1cc(S(=O)(=O)Nc2ncccc2C)ccc1N. The Morgan fingerprint density at radius 2 is 1.89 bits per heavy atom. The summed E-state index contributed by atoms with van der Waals surface area (Å²) in [5.74, 6) is 0.331. The van der Waals surface area contributed by atoms with E-state index in [0.717, 1.165) is 11.1 Å². The molecule has 0 radical (unpaired) electrons. The zero-order valence-electron chi connectivity index (χ0n) is 10.7. The molecule has 100 valence electrons. The van der Waals surface area contributed by atoms with Gasteiger partial charge in [-0.05, 0) is 49.2 Å². The van der Waals surface area contributed by atoms with Gasteiger partial charge in [-0.1, -0.05) is 6.07 Å². The number of hydrogen-bond donors (Lipinski definition) is 2. The van der Waals surface area contributed by atoms with Gasteiger partial charge in [-0.3, -0.25) is 4.72 Å². The van der Waals surface area contributed by atoms with Gasteiger partial charge in [0.1, 0.15) is 5.82 Å². The summed E-state index contributed by atoms with van der Waals surface area (Å²) in [6.07, 6.45) is 1.54. The Morgan fingerprint density at radius 3 is 2.53 bits per heavy atom. The number of hydrogen-bond acceptors (Lipinski definition) is 4. The van der Waals surface area contributed by atoms with Crippen LogP contribution in [-0.4, -0.2) is 13.4 Å². The number of benzene rings is 1. The minimum atomic E-state index is -3.64. The molecular weight excluding hydrogens is 262 g/mol. The smallest absolute Gasteiger partial charge is 0.263 e. The molecule has 3 N–H and O–H groups in total. The van der Waals surface area contributed by atoms with E-state index in [0.29, 0.717) is 11.5 Å². The van der Waals surface area contributed by atoms with Crippen molar-refractivity contribution >= 4 is 21.5 Å². The second kappa shape index (κ2) is 4.89. The number of anilines is 2. The molecule has 0 aliphatic carbocycles. The number of pyridine rings is 1. The first kappa shape index (κ1) is 13.4. The molecule has 0 aliphatic rings. The molecule has 0 amide bonds. The van der Waals surface area contributed by atoms with Gasteiger partial charge in [0.2, 0.25) is 0 Å². The summed E-state index contributed by atoms with van der Waals surface area (Å²) in [5, 5.41) is 0. The molecule has 0 bridgehead atoms. The van der Waals surface area contributed by atoms with Crippen LogP contribution in [-0.2, 0) is 10.0 Å². The van der Waals surface area contributed by atoms with Crippen molar-refractivity contribution in [1.29, 1.82) is 0 Å². The number of nitrogen functional groups attached to an aromatic ring is 1. The third-order valence-corrected chi connectivity index (χ3v) is 4.13. The molecule has 5 nitrogen and oxygen atoms in total. The van der Waals surface area contributed by atoms with Crippen molar-refractivity contribution in [2.24, 2.45) is 0 Å². The Morgan fingerprint density at radius 1 is 1.16 bits per heavy atom. The number of nitrogens with zero attached hydrogens (tertiary/aromatic N) is 1. The van der Waals surface area contributed by atoms with Crippen molar-refractivity contribution in [2.45, 2.75) is 18.7 Å². The highest BCUT2D eigenvalue weighted by Crippen LogP contribution is 2.20. The largest absolute Gasteiger partial charge is 0.399 e. The fourth-order valence-corrected chi connectivity index (χ4v) is 2.76. The number of sulfonamides is 1. The molecule has 2 rings (SSSR count). The Kier molecular flexibility index (Phi) is 3.44. The molecule has 0 fully saturated rings. The van der Waals surface area contributed by atoms with Crippen LogP contribution in [0.15, 0.2) is 41.4 Å². The molecule has 0 spiro atoms. The third kappa shape index (κ3) is 2.85. The molecule has 1 aromatic heterocycles. The van der Waals surface area contributed by atoms with Gasteiger partial charge in [-0.2, -0.15) is 0 Å². The van der Waals surface area contributed by atoms with Gasteiger partial charge in [0, 0.05) is 11.9 Å². The lowest BCUT2D eigenvalue weighted by Crippen LogP contribution is -2.15. The number of aromatic nitrogens is 1. The molecule has 0 atom stereocenters. The minimum absolute atomic E-state index is 0.171. The topological polar surface area (TPSA) is 85.1 Å². The Balaban J connectivity index is 2.38. The van der Waals surface area contributed by atoms with Crippen LogP contribution in [0, 0.1) is 13.8 Å².